The maximum Gasteiger partial charge on any atom is 0.251 e. The Kier molecular flexibility index (Phi) is 7.99. The van der Waals surface area contributed by atoms with Crippen LogP contribution in [0.15, 0.2) is 35.8 Å². The number of allylic oxidation sites excluding steroid dienone is 1. The number of hydrogen-bond acceptors (Lipinski definition) is 5. The molecule has 3 N–H and O–H groups in total. The molecule has 6 nitrogen and oxygen atoms in total. The molecule has 0 aliphatic heterocycles. The molecule has 0 aliphatic carbocycles. The minimum Gasteiger partial charge on any atom is -0.360 e. The van der Waals surface area contributed by atoms with Crippen LogP contribution in [-0.4, -0.2) is 37.1 Å². The zero-order chi connectivity index (χ0) is 19.6. The first-order valence-corrected chi connectivity index (χ1v) is 9.96. The van der Waals surface area contributed by atoms with E-state index in [2.05, 4.69) is 35.5 Å². The summed E-state index contributed by atoms with van der Waals surface area (Å²) in [6.07, 6.45) is 1.64. The van der Waals surface area contributed by atoms with Crippen molar-refractivity contribution in [2.24, 2.45) is 0 Å². The predicted octanol–water partition coefficient (Wildman–Crippen LogP) is 2.08. The van der Waals surface area contributed by atoms with Gasteiger partial charge in [0.05, 0.1) is 26.2 Å². The quantitative estimate of drug-likeness (QED) is 0.578. The fraction of sp³-hybridized carbons (Fsp3) is 0.350. The molecule has 0 saturated heterocycles. The van der Waals surface area contributed by atoms with Crippen molar-refractivity contribution in [3.8, 4) is 6.07 Å². The molecule has 0 saturated carbocycles. The van der Waals surface area contributed by atoms with Crippen LogP contribution in [0.5, 0.6) is 0 Å². The van der Waals surface area contributed by atoms with Crippen LogP contribution in [0.2, 0.25) is 0 Å². The molecule has 1 aromatic carbocycles. The van der Waals surface area contributed by atoms with Gasteiger partial charge in [-0.2, -0.15) is 5.26 Å². The Morgan fingerprint density at radius 1 is 1.30 bits per heavy atom. The smallest absolute Gasteiger partial charge is 0.251 e. The van der Waals surface area contributed by atoms with Crippen LogP contribution in [0.4, 0.5) is 5.69 Å². The van der Waals surface area contributed by atoms with E-state index in [4.69, 9.17) is 0 Å². The SMILES string of the molecule is CC[NH+](CC)CCNC(=O)c1ccc(N/C=C(\C#N)c2nc(C)cs2)cc1. The van der Waals surface area contributed by atoms with Crippen LogP contribution in [0.1, 0.15) is 34.9 Å². The summed E-state index contributed by atoms with van der Waals surface area (Å²) >= 11 is 1.44. The summed E-state index contributed by atoms with van der Waals surface area (Å²) in [5.74, 6) is -0.0698. The highest BCUT2D eigenvalue weighted by Crippen LogP contribution is 2.19. The Morgan fingerprint density at radius 3 is 2.56 bits per heavy atom. The number of rotatable bonds is 9. The number of amides is 1. The first-order valence-electron chi connectivity index (χ1n) is 9.08. The molecule has 1 amide bonds. The third kappa shape index (κ3) is 6.20. The molecule has 0 fully saturated rings. The lowest BCUT2D eigenvalue weighted by molar-refractivity contribution is -0.895. The lowest BCUT2D eigenvalue weighted by atomic mass is 10.2. The minimum atomic E-state index is -0.0698. The first-order chi connectivity index (χ1) is 13.1. The molecule has 27 heavy (non-hydrogen) atoms. The second-order valence-electron chi connectivity index (χ2n) is 6.15. The number of anilines is 1. The van der Waals surface area contributed by atoms with Gasteiger partial charge in [0.1, 0.15) is 16.6 Å². The topological polar surface area (TPSA) is 82.2 Å². The summed E-state index contributed by atoms with van der Waals surface area (Å²) in [6, 6.07) is 9.35. The van der Waals surface area contributed by atoms with Crippen molar-refractivity contribution in [3.63, 3.8) is 0 Å². The van der Waals surface area contributed by atoms with Gasteiger partial charge in [-0.05, 0) is 45.0 Å². The summed E-state index contributed by atoms with van der Waals surface area (Å²) in [5.41, 5.74) is 2.80. The first kappa shape index (κ1) is 20.6. The summed E-state index contributed by atoms with van der Waals surface area (Å²) in [4.78, 5) is 18.0. The number of quaternary nitrogens is 1. The van der Waals surface area contributed by atoms with Gasteiger partial charge >= 0.3 is 0 Å². The second-order valence-corrected chi connectivity index (χ2v) is 7.01. The van der Waals surface area contributed by atoms with E-state index in [1.807, 2.05) is 24.4 Å². The zero-order valence-electron chi connectivity index (χ0n) is 16.0. The van der Waals surface area contributed by atoms with E-state index >= 15 is 0 Å². The minimum absolute atomic E-state index is 0.0698. The maximum atomic E-state index is 12.2. The molecule has 1 aromatic heterocycles. The van der Waals surface area contributed by atoms with E-state index in [0.29, 0.717) is 22.7 Å². The Morgan fingerprint density at radius 2 is 2.00 bits per heavy atom. The van der Waals surface area contributed by atoms with Crippen molar-refractivity contribution >= 4 is 28.5 Å². The van der Waals surface area contributed by atoms with Crippen molar-refractivity contribution in [2.45, 2.75) is 20.8 Å². The molecule has 2 aromatic rings. The molecule has 7 heteroatoms. The van der Waals surface area contributed by atoms with E-state index in [1.54, 1.807) is 18.3 Å². The lowest BCUT2D eigenvalue weighted by Crippen LogP contribution is -3.12. The lowest BCUT2D eigenvalue weighted by Gasteiger charge is -2.15. The summed E-state index contributed by atoms with van der Waals surface area (Å²) in [6.45, 7) is 9.91. The Labute approximate surface area is 164 Å². The summed E-state index contributed by atoms with van der Waals surface area (Å²) in [7, 11) is 0. The Balaban J connectivity index is 1.91. The molecule has 1 heterocycles. The van der Waals surface area contributed by atoms with Gasteiger partial charge in [-0.3, -0.25) is 4.79 Å². The van der Waals surface area contributed by atoms with Gasteiger partial charge in [0.15, 0.2) is 0 Å². The van der Waals surface area contributed by atoms with Gasteiger partial charge in [-0.25, -0.2) is 4.98 Å². The number of nitriles is 1. The van der Waals surface area contributed by atoms with Gasteiger partial charge in [0.2, 0.25) is 0 Å². The van der Waals surface area contributed by atoms with E-state index in [1.165, 1.54) is 16.2 Å². The van der Waals surface area contributed by atoms with Gasteiger partial charge in [0.25, 0.3) is 5.91 Å². The van der Waals surface area contributed by atoms with E-state index < -0.39 is 0 Å². The molecule has 0 spiro atoms. The fourth-order valence-electron chi connectivity index (χ4n) is 2.55. The van der Waals surface area contributed by atoms with Crippen LogP contribution in [-0.2, 0) is 0 Å². The van der Waals surface area contributed by atoms with E-state index in [-0.39, 0.29) is 5.91 Å². The van der Waals surface area contributed by atoms with Crippen molar-refractivity contribution in [3.05, 3.63) is 52.1 Å². The van der Waals surface area contributed by atoms with E-state index in [0.717, 1.165) is 31.0 Å². The number of likely N-dealkylation sites (N-methyl/N-ethyl adjacent to an activating group) is 1. The fourth-order valence-corrected chi connectivity index (χ4v) is 3.31. The molecular formula is C20H26N5OS+. The monoisotopic (exact) mass is 384 g/mol. The Bertz CT molecular complexity index is 816. The van der Waals surface area contributed by atoms with E-state index in [9.17, 15) is 10.1 Å². The number of benzene rings is 1. The second kappa shape index (κ2) is 10.5. The largest absolute Gasteiger partial charge is 0.360 e. The third-order valence-electron chi connectivity index (χ3n) is 4.26. The standard InChI is InChI=1S/C20H25N5OS/c1-4-25(5-2)11-10-22-19(26)16-6-8-18(9-7-16)23-13-17(12-21)20-24-15(3)14-27-20/h6-9,13-14,23H,4-5,10-11H2,1-3H3,(H,22,26)/p+1/b17-13+. The van der Waals surface area contributed by atoms with Crippen LogP contribution in [0.25, 0.3) is 5.57 Å². The van der Waals surface area contributed by atoms with Gasteiger partial charge < -0.3 is 15.5 Å². The van der Waals surface area contributed by atoms with Gasteiger partial charge in [-0.15, -0.1) is 11.3 Å². The van der Waals surface area contributed by atoms with Crippen LogP contribution in [0, 0.1) is 18.3 Å². The average molecular weight is 385 g/mol. The van der Waals surface area contributed by atoms with Crippen LogP contribution < -0.4 is 15.5 Å². The van der Waals surface area contributed by atoms with Crippen molar-refractivity contribution in [1.29, 1.82) is 5.26 Å². The number of hydrogen-bond donors (Lipinski definition) is 3. The average Bonchev–Trinajstić information content (AvgIpc) is 3.12. The molecule has 2 rings (SSSR count). The highest BCUT2D eigenvalue weighted by atomic mass is 32.1. The number of thiazole rings is 1. The molecule has 0 unspecified atom stereocenters. The highest BCUT2D eigenvalue weighted by Gasteiger charge is 2.08. The number of carbonyl (C=O) groups is 1. The van der Waals surface area contributed by atoms with Crippen LogP contribution >= 0.6 is 11.3 Å². The van der Waals surface area contributed by atoms with Gasteiger partial charge in [-0.1, -0.05) is 0 Å². The molecule has 0 bridgehead atoms. The maximum absolute atomic E-state index is 12.2. The molecule has 142 valence electrons. The van der Waals surface area contributed by atoms with Crippen molar-refractivity contribution < 1.29 is 9.69 Å². The molecule has 0 radical (unpaired) electrons. The number of nitrogens with one attached hydrogen (secondary N) is 3. The normalized spacial score (nSPS) is 11.3. The van der Waals surface area contributed by atoms with Crippen molar-refractivity contribution in [1.82, 2.24) is 10.3 Å². The molecule has 0 atom stereocenters. The molecule has 0 aliphatic rings. The zero-order valence-corrected chi connectivity index (χ0v) is 16.8. The number of aromatic nitrogens is 1. The summed E-state index contributed by atoms with van der Waals surface area (Å²) in [5, 5.41) is 17.9. The predicted molar refractivity (Wildman–Crippen MR) is 110 cm³/mol. The molecular weight excluding hydrogens is 358 g/mol. The van der Waals surface area contributed by atoms with Crippen molar-refractivity contribution in [2.75, 3.05) is 31.5 Å². The van der Waals surface area contributed by atoms with Crippen LogP contribution in [0.3, 0.4) is 0 Å². The number of carbonyl (C=O) groups excluding carboxylic acids is 1. The number of aryl methyl sites for hydroxylation is 1. The number of nitrogens with zero attached hydrogens (tertiary/aromatic N) is 2. The summed E-state index contributed by atoms with van der Waals surface area (Å²) < 4.78 is 0. The third-order valence-corrected chi connectivity index (χ3v) is 5.26. The highest BCUT2D eigenvalue weighted by molar-refractivity contribution is 7.10. The van der Waals surface area contributed by atoms with Gasteiger partial charge in [0, 0.05) is 28.5 Å². The Hall–Kier alpha value is -2.69.